The molecule has 58 valence electrons. The van der Waals surface area contributed by atoms with Crippen LogP contribution < -0.4 is 0 Å². The van der Waals surface area contributed by atoms with Crippen molar-refractivity contribution in [3.8, 4) is 0 Å². The number of aliphatic carboxylic acids is 1. The molecule has 4 heteroatoms. The lowest BCUT2D eigenvalue weighted by Gasteiger charge is -2.14. The molecule has 1 unspecified atom stereocenters. The fourth-order valence-electron chi connectivity index (χ4n) is 0.560. The second-order valence-electron chi connectivity index (χ2n) is 2.46. The second-order valence-corrected chi connectivity index (χ2v) is 2.46. The summed E-state index contributed by atoms with van der Waals surface area (Å²) in [5.74, 6) is -1.71. The smallest absolute Gasteiger partial charge is 0.335 e. The van der Waals surface area contributed by atoms with E-state index >= 15 is 0 Å². The van der Waals surface area contributed by atoms with Crippen LogP contribution >= 0.6 is 0 Å². The highest BCUT2D eigenvalue weighted by Crippen LogP contribution is 2.08. The summed E-state index contributed by atoms with van der Waals surface area (Å²) in [6.45, 7) is 2.33. The molecular formula is C6H10O4. The molecule has 0 radical (unpaired) electrons. The van der Waals surface area contributed by atoms with Crippen LogP contribution in [-0.4, -0.2) is 27.6 Å². The fourth-order valence-corrected chi connectivity index (χ4v) is 0.560. The zero-order valence-corrected chi connectivity index (χ0v) is 5.92. The van der Waals surface area contributed by atoms with Crippen molar-refractivity contribution in [1.29, 1.82) is 0 Å². The molecule has 0 bridgehead atoms. The minimum atomic E-state index is -1.91. The van der Waals surface area contributed by atoms with Gasteiger partial charge in [-0.05, 0) is 13.8 Å². The highest BCUT2D eigenvalue weighted by Gasteiger charge is 2.30. The third kappa shape index (κ3) is 2.59. The van der Waals surface area contributed by atoms with Crippen molar-refractivity contribution in [2.24, 2.45) is 0 Å². The molecule has 10 heavy (non-hydrogen) atoms. The van der Waals surface area contributed by atoms with Gasteiger partial charge in [-0.2, -0.15) is 0 Å². The van der Waals surface area contributed by atoms with E-state index in [1.54, 1.807) is 0 Å². The Labute approximate surface area is 58.5 Å². The summed E-state index contributed by atoms with van der Waals surface area (Å²) in [6.07, 6.45) is -0.345. The molecule has 2 N–H and O–H groups in total. The number of ketones is 1. The number of hydrogen-bond acceptors (Lipinski definition) is 3. The Kier molecular flexibility index (Phi) is 2.54. The Morgan fingerprint density at radius 2 is 1.90 bits per heavy atom. The van der Waals surface area contributed by atoms with Gasteiger partial charge in [-0.15, -0.1) is 0 Å². The van der Waals surface area contributed by atoms with Gasteiger partial charge in [-0.1, -0.05) is 0 Å². The van der Waals surface area contributed by atoms with Crippen molar-refractivity contribution in [2.45, 2.75) is 25.9 Å². The second kappa shape index (κ2) is 2.79. The van der Waals surface area contributed by atoms with Crippen LogP contribution in [0.3, 0.4) is 0 Å². The number of rotatable bonds is 3. The van der Waals surface area contributed by atoms with Gasteiger partial charge >= 0.3 is 5.97 Å². The van der Waals surface area contributed by atoms with Gasteiger partial charge in [0.15, 0.2) is 5.60 Å². The summed E-state index contributed by atoms with van der Waals surface area (Å²) in [5, 5.41) is 17.2. The van der Waals surface area contributed by atoms with Crippen LogP contribution in [0.5, 0.6) is 0 Å². The van der Waals surface area contributed by atoms with Crippen LogP contribution in [0.1, 0.15) is 20.3 Å². The Bertz CT molecular complexity index is 159. The molecule has 0 fully saturated rings. The minimum Gasteiger partial charge on any atom is -0.479 e. The maximum atomic E-state index is 10.3. The van der Waals surface area contributed by atoms with Crippen LogP contribution in [0.15, 0.2) is 0 Å². The number of hydrogen-bond donors (Lipinski definition) is 2. The fraction of sp³-hybridized carbons (Fsp3) is 0.667. The SMILES string of the molecule is CC(=O)CC(C)(O)C(=O)O. The maximum absolute atomic E-state index is 10.3. The van der Waals surface area contributed by atoms with Gasteiger partial charge in [0.1, 0.15) is 5.78 Å². The molecule has 0 amide bonds. The number of Topliss-reactive ketones (excluding diaryl/α,β-unsaturated/α-hetero) is 1. The molecule has 0 heterocycles. The van der Waals surface area contributed by atoms with Gasteiger partial charge in [0, 0.05) is 6.42 Å². The Hall–Kier alpha value is -0.900. The standard InChI is InChI=1S/C6H10O4/c1-4(7)3-6(2,10)5(8)9/h10H,3H2,1-2H3,(H,8,9). The Balaban J connectivity index is 4.13. The molecule has 0 rings (SSSR count). The van der Waals surface area contributed by atoms with Crippen LogP contribution in [0.4, 0.5) is 0 Å². The first kappa shape index (κ1) is 9.10. The first-order valence-corrected chi connectivity index (χ1v) is 2.81. The van der Waals surface area contributed by atoms with E-state index in [4.69, 9.17) is 10.2 Å². The van der Waals surface area contributed by atoms with Gasteiger partial charge < -0.3 is 10.2 Å². The van der Waals surface area contributed by atoms with Crippen molar-refractivity contribution in [3.63, 3.8) is 0 Å². The molecule has 0 aliphatic heterocycles. The predicted molar refractivity (Wildman–Crippen MR) is 33.6 cm³/mol. The van der Waals surface area contributed by atoms with Gasteiger partial charge in [0.05, 0.1) is 0 Å². The van der Waals surface area contributed by atoms with E-state index in [-0.39, 0.29) is 12.2 Å². The number of aliphatic hydroxyl groups is 1. The maximum Gasteiger partial charge on any atom is 0.335 e. The molecule has 0 aromatic heterocycles. The first-order valence-electron chi connectivity index (χ1n) is 2.81. The van der Waals surface area contributed by atoms with E-state index < -0.39 is 11.6 Å². The summed E-state index contributed by atoms with van der Waals surface area (Å²) in [5.41, 5.74) is -1.91. The third-order valence-corrected chi connectivity index (χ3v) is 1.05. The number of carbonyl (C=O) groups excluding carboxylic acids is 1. The molecule has 0 aromatic carbocycles. The molecule has 0 saturated heterocycles. The zero-order chi connectivity index (χ0) is 8.36. The quantitative estimate of drug-likeness (QED) is 0.578. The summed E-state index contributed by atoms with van der Waals surface area (Å²) >= 11 is 0. The molecule has 4 nitrogen and oxygen atoms in total. The van der Waals surface area contributed by atoms with Crippen molar-refractivity contribution in [1.82, 2.24) is 0 Å². The van der Waals surface area contributed by atoms with Crippen LogP contribution in [0.2, 0.25) is 0 Å². The van der Waals surface area contributed by atoms with Crippen molar-refractivity contribution in [3.05, 3.63) is 0 Å². The van der Waals surface area contributed by atoms with Crippen molar-refractivity contribution in [2.75, 3.05) is 0 Å². The first-order chi connectivity index (χ1) is 4.36. The van der Waals surface area contributed by atoms with Gasteiger partial charge in [-0.3, -0.25) is 4.79 Å². The van der Waals surface area contributed by atoms with Gasteiger partial charge in [0.25, 0.3) is 0 Å². The largest absolute Gasteiger partial charge is 0.479 e. The zero-order valence-electron chi connectivity index (χ0n) is 5.92. The summed E-state index contributed by atoms with van der Waals surface area (Å²) in [6, 6.07) is 0. The number of carboxylic acids is 1. The topological polar surface area (TPSA) is 74.6 Å². The average Bonchev–Trinajstić information content (AvgIpc) is 1.60. The monoisotopic (exact) mass is 146 g/mol. The Morgan fingerprint density at radius 3 is 2.00 bits per heavy atom. The average molecular weight is 146 g/mol. The molecule has 0 aliphatic carbocycles. The summed E-state index contributed by atoms with van der Waals surface area (Å²) in [7, 11) is 0. The van der Waals surface area contributed by atoms with Gasteiger partial charge in [0.2, 0.25) is 0 Å². The predicted octanol–water partition coefficient (Wildman–Crippen LogP) is -0.199. The molecule has 1 atom stereocenters. The third-order valence-electron chi connectivity index (χ3n) is 1.05. The van der Waals surface area contributed by atoms with E-state index in [1.807, 2.05) is 0 Å². The van der Waals surface area contributed by atoms with E-state index in [0.717, 1.165) is 6.92 Å². The number of carbonyl (C=O) groups is 2. The Morgan fingerprint density at radius 1 is 1.50 bits per heavy atom. The molecule has 0 aliphatic rings. The lowest BCUT2D eigenvalue weighted by molar-refractivity contribution is -0.159. The normalized spacial score (nSPS) is 15.9. The highest BCUT2D eigenvalue weighted by atomic mass is 16.4. The van der Waals surface area contributed by atoms with E-state index in [0.29, 0.717) is 0 Å². The van der Waals surface area contributed by atoms with E-state index in [1.165, 1.54) is 6.92 Å². The summed E-state index contributed by atoms with van der Waals surface area (Å²) in [4.78, 5) is 20.5. The number of carboxylic acid groups (broad SMARTS) is 1. The van der Waals surface area contributed by atoms with Gasteiger partial charge in [-0.25, -0.2) is 4.79 Å². The molecule has 0 saturated carbocycles. The molecule has 0 spiro atoms. The van der Waals surface area contributed by atoms with E-state index in [2.05, 4.69) is 0 Å². The summed E-state index contributed by atoms with van der Waals surface area (Å²) < 4.78 is 0. The highest BCUT2D eigenvalue weighted by molar-refractivity contribution is 5.86. The van der Waals surface area contributed by atoms with E-state index in [9.17, 15) is 9.59 Å². The van der Waals surface area contributed by atoms with Crippen LogP contribution in [0.25, 0.3) is 0 Å². The molecular weight excluding hydrogens is 136 g/mol. The lowest BCUT2D eigenvalue weighted by Crippen LogP contribution is -2.36. The minimum absolute atomic E-state index is 0.340. The van der Waals surface area contributed by atoms with Crippen molar-refractivity contribution >= 4 is 11.8 Å². The van der Waals surface area contributed by atoms with Crippen molar-refractivity contribution < 1.29 is 19.8 Å². The molecule has 0 aromatic rings. The lowest BCUT2D eigenvalue weighted by atomic mass is 10.0. The van der Waals surface area contributed by atoms with Crippen LogP contribution in [-0.2, 0) is 9.59 Å². The van der Waals surface area contributed by atoms with Crippen LogP contribution in [0, 0.1) is 0 Å².